The van der Waals surface area contributed by atoms with E-state index in [1.165, 1.54) is 16.8 Å². The molecule has 20 heavy (non-hydrogen) atoms. The van der Waals surface area contributed by atoms with Crippen molar-refractivity contribution in [1.82, 2.24) is 5.32 Å². The summed E-state index contributed by atoms with van der Waals surface area (Å²) < 4.78 is 5.37. The second-order valence-corrected chi connectivity index (χ2v) is 6.76. The number of hydrogen-bond donors (Lipinski definition) is 2. The van der Waals surface area contributed by atoms with E-state index >= 15 is 0 Å². The molecule has 1 fully saturated rings. The molecule has 108 valence electrons. The first-order chi connectivity index (χ1) is 9.38. The van der Waals surface area contributed by atoms with Gasteiger partial charge in [-0.25, -0.2) is 4.79 Å². The van der Waals surface area contributed by atoms with Crippen LogP contribution in [-0.4, -0.2) is 18.2 Å². The molecule has 1 aliphatic heterocycles. The second-order valence-electron chi connectivity index (χ2n) is 6.76. The molecule has 2 aliphatic rings. The zero-order valence-corrected chi connectivity index (χ0v) is 12.4. The van der Waals surface area contributed by atoms with Crippen molar-refractivity contribution < 1.29 is 9.53 Å². The van der Waals surface area contributed by atoms with E-state index in [1.54, 1.807) is 0 Å². The number of ether oxygens (including phenoxy) is 1. The Morgan fingerprint density at radius 1 is 1.35 bits per heavy atom. The van der Waals surface area contributed by atoms with E-state index in [1.807, 2.05) is 20.8 Å². The first-order valence-electron chi connectivity index (χ1n) is 7.26. The first kappa shape index (κ1) is 13.3. The Hall–Kier alpha value is -1.71. The number of anilines is 1. The van der Waals surface area contributed by atoms with Crippen LogP contribution in [0.1, 0.15) is 44.7 Å². The van der Waals surface area contributed by atoms with Gasteiger partial charge in [0.15, 0.2) is 0 Å². The van der Waals surface area contributed by atoms with Crippen LogP contribution in [-0.2, 0) is 16.7 Å². The van der Waals surface area contributed by atoms with Crippen molar-refractivity contribution >= 4 is 11.8 Å². The standard InChI is InChI=1S/C16H22N2O2/c1-15(2,3)20-14(19)18-16(7-8-16)12-4-5-13-11(10-12)6-9-17-13/h4-5,10,17H,6-9H2,1-3H3,(H,18,19). The Kier molecular flexibility index (Phi) is 2.92. The summed E-state index contributed by atoms with van der Waals surface area (Å²) in [6.07, 6.45) is 2.71. The van der Waals surface area contributed by atoms with Gasteiger partial charge >= 0.3 is 6.09 Å². The van der Waals surface area contributed by atoms with Crippen molar-refractivity contribution in [3.8, 4) is 0 Å². The van der Waals surface area contributed by atoms with Gasteiger partial charge in [0, 0.05) is 12.2 Å². The number of rotatable bonds is 2. The van der Waals surface area contributed by atoms with E-state index in [0.717, 1.165) is 25.8 Å². The maximum atomic E-state index is 12.0. The van der Waals surface area contributed by atoms with E-state index in [9.17, 15) is 4.79 Å². The van der Waals surface area contributed by atoms with Gasteiger partial charge in [-0.1, -0.05) is 12.1 Å². The molecule has 2 N–H and O–H groups in total. The van der Waals surface area contributed by atoms with Crippen molar-refractivity contribution in [1.29, 1.82) is 0 Å². The van der Waals surface area contributed by atoms with Crippen LogP contribution in [0.5, 0.6) is 0 Å². The topological polar surface area (TPSA) is 50.4 Å². The summed E-state index contributed by atoms with van der Waals surface area (Å²) in [6.45, 7) is 6.65. The first-order valence-corrected chi connectivity index (χ1v) is 7.26. The van der Waals surface area contributed by atoms with Crippen LogP contribution in [0.15, 0.2) is 18.2 Å². The average molecular weight is 274 g/mol. The molecular formula is C16H22N2O2. The van der Waals surface area contributed by atoms with E-state index in [0.29, 0.717) is 0 Å². The highest BCUT2D eigenvalue weighted by Crippen LogP contribution is 2.46. The highest BCUT2D eigenvalue weighted by atomic mass is 16.6. The smallest absolute Gasteiger partial charge is 0.408 e. The number of nitrogens with one attached hydrogen (secondary N) is 2. The summed E-state index contributed by atoms with van der Waals surface area (Å²) in [5.41, 5.74) is 3.11. The van der Waals surface area contributed by atoms with Gasteiger partial charge in [-0.2, -0.15) is 0 Å². The van der Waals surface area contributed by atoms with Gasteiger partial charge in [0.05, 0.1) is 5.54 Å². The average Bonchev–Trinajstić information content (AvgIpc) is 2.96. The van der Waals surface area contributed by atoms with E-state index < -0.39 is 5.60 Å². The molecule has 0 saturated heterocycles. The van der Waals surface area contributed by atoms with Gasteiger partial charge in [0.25, 0.3) is 0 Å². The number of carbonyl (C=O) groups excluding carboxylic acids is 1. The molecule has 1 aliphatic carbocycles. The van der Waals surface area contributed by atoms with Crippen molar-refractivity contribution in [3.63, 3.8) is 0 Å². The van der Waals surface area contributed by atoms with E-state index in [-0.39, 0.29) is 11.6 Å². The minimum absolute atomic E-state index is 0.208. The van der Waals surface area contributed by atoms with Crippen molar-refractivity contribution in [2.75, 3.05) is 11.9 Å². The van der Waals surface area contributed by atoms with Crippen LogP contribution in [0.3, 0.4) is 0 Å². The Morgan fingerprint density at radius 3 is 2.75 bits per heavy atom. The lowest BCUT2D eigenvalue weighted by Gasteiger charge is -2.24. The molecule has 1 amide bonds. The largest absolute Gasteiger partial charge is 0.444 e. The van der Waals surface area contributed by atoms with E-state index in [2.05, 4.69) is 28.8 Å². The molecule has 1 aromatic rings. The van der Waals surface area contributed by atoms with Crippen LogP contribution in [0.2, 0.25) is 0 Å². The summed E-state index contributed by atoms with van der Waals surface area (Å²) >= 11 is 0. The van der Waals surface area contributed by atoms with Gasteiger partial charge in [-0.05, 0) is 57.2 Å². The van der Waals surface area contributed by atoms with Crippen LogP contribution in [0, 0.1) is 0 Å². The van der Waals surface area contributed by atoms with Crippen LogP contribution in [0.25, 0.3) is 0 Å². The lowest BCUT2D eigenvalue weighted by molar-refractivity contribution is 0.0495. The van der Waals surface area contributed by atoms with Crippen LogP contribution in [0.4, 0.5) is 10.5 Å². The lowest BCUT2D eigenvalue weighted by Crippen LogP contribution is -2.39. The maximum absolute atomic E-state index is 12.0. The van der Waals surface area contributed by atoms with E-state index in [4.69, 9.17) is 4.74 Å². The third kappa shape index (κ3) is 2.60. The molecule has 1 aromatic carbocycles. The van der Waals surface area contributed by atoms with Crippen molar-refractivity contribution in [2.45, 2.75) is 51.2 Å². The Balaban J connectivity index is 1.74. The summed E-state index contributed by atoms with van der Waals surface area (Å²) in [7, 11) is 0. The molecule has 0 atom stereocenters. The third-order valence-corrected chi connectivity index (χ3v) is 3.86. The molecule has 4 nitrogen and oxygen atoms in total. The van der Waals surface area contributed by atoms with Crippen molar-refractivity contribution in [3.05, 3.63) is 29.3 Å². The third-order valence-electron chi connectivity index (χ3n) is 3.86. The minimum Gasteiger partial charge on any atom is -0.444 e. The SMILES string of the molecule is CC(C)(C)OC(=O)NC1(c2ccc3c(c2)CCN3)CC1. The summed E-state index contributed by atoms with van der Waals surface area (Å²) in [5.74, 6) is 0. The number of carbonyl (C=O) groups is 1. The Labute approximate surface area is 119 Å². The monoisotopic (exact) mass is 274 g/mol. The zero-order valence-electron chi connectivity index (χ0n) is 12.4. The molecule has 0 spiro atoms. The second kappa shape index (κ2) is 4.40. The highest BCUT2D eigenvalue weighted by Gasteiger charge is 2.46. The number of alkyl carbamates (subject to hydrolysis) is 1. The quantitative estimate of drug-likeness (QED) is 0.871. The zero-order chi connectivity index (χ0) is 14.4. The fourth-order valence-electron chi connectivity index (χ4n) is 2.71. The molecule has 0 bridgehead atoms. The normalized spacial score (nSPS) is 18.9. The molecule has 0 aromatic heterocycles. The maximum Gasteiger partial charge on any atom is 0.408 e. The molecule has 3 rings (SSSR count). The molecule has 1 saturated carbocycles. The predicted molar refractivity (Wildman–Crippen MR) is 78.9 cm³/mol. The summed E-state index contributed by atoms with van der Waals surface area (Å²) in [5, 5.41) is 6.41. The van der Waals surface area contributed by atoms with Crippen molar-refractivity contribution in [2.24, 2.45) is 0 Å². The molecule has 0 unspecified atom stereocenters. The van der Waals surface area contributed by atoms with Gasteiger partial charge < -0.3 is 15.4 Å². The fourth-order valence-corrected chi connectivity index (χ4v) is 2.71. The fraction of sp³-hybridized carbons (Fsp3) is 0.562. The number of fused-ring (bicyclic) bond motifs is 1. The minimum atomic E-state index is -0.456. The van der Waals surface area contributed by atoms with Gasteiger partial charge in [-0.3, -0.25) is 0 Å². The molecule has 0 radical (unpaired) electrons. The summed E-state index contributed by atoms with van der Waals surface area (Å²) in [4.78, 5) is 12.0. The lowest BCUT2D eigenvalue weighted by atomic mass is 10.0. The highest BCUT2D eigenvalue weighted by molar-refractivity contribution is 5.70. The van der Waals surface area contributed by atoms with Gasteiger partial charge in [-0.15, -0.1) is 0 Å². The molecule has 1 heterocycles. The molecular weight excluding hydrogens is 252 g/mol. The van der Waals surface area contributed by atoms with Crippen LogP contribution >= 0.6 is 0 Å². The predicted octanol–water partition coefficient (Wildman–Crippen LogP) is 3.17. The number of hydrogen-bond acceptors (Lipinski definition) is 3. The van der Waals surface area contributed by atoms with Gasteiger partial charge in [0.2, 0.25) is 0 Å². The molecule has 4 heteroatoms. The summed E-state index contributed by atoms with van der Waals surface area (Å²) in [6, 6.07) is 6.45. The Morgan fingerprint density at radius 2 is 2.10 bits per heavy atom. The van der Waals surface area contributed by atoms with Crippen LogP contribution < -0.4 is 10.6 Å². The number of amides is 1. The van der Waals surface area contributed by atoms with Gasteiger partial charge in [0.1, 0.15) is 5.60 Å². The number of benzene rings is 1. The Bertz CT molecular complexity index is 542.